The molecule has 0 spiro atoms. The van der Waals surface area contributed by atoms with Gasteiger partial charge in [-0.05, 0) is 74.0 Å². The Bertz CT molecular complexity index is 1350. The molecule has 1 aliphatic rings. The van der Waals surface area contributed by atoms with Crippen LogP contribution in [0.25, 0.3) is 0 Å². The molecule has 0 aromatic heterocycles. The van der Waals surface area contributed by atoms with Gasteiger partial charge in [-0.25, -0.2) is 4.39 Å². The number of hydrogen-bond acceptors (Lipinski definition) is 5. The molecule has 3 aromatic rings. The van der Waals surface area contributed by atoms with Crippen molar-refractivity contribution in [3.8, 4) is 5.75 Å². The van der Waals surface area contributed by atoms with Gasteiger partial charge in [-0.15, -0.1) is 0 Å². The first kappa shape index (κ1) is 28.1. The van der Waals surface area contributed by atoms with Crippen molar-refractivity contribution in [2.45, 2.75) is 32.5 Å². The van der Waals surface area contributed by atoms with Crippen LogP contribution in [0.2, 0.25) is 5.02 Å². The third-order valence-corrected chi connectivity index (χ3v) is 6.93. The molecule has 0 bridgehead atoms. The van der Waals surface area contributed by atoms with E-state index in [1.807, 2.05) is 13.8 Å². The molecule has 3 N–H and O–H groups in total. The predicted octanol–water partition coefficient (Wildman–Crippen LogP) is 4.33. The van der Waals surface area contributed by atoms with Crippen molar-refractivity contribution >= 4 is 35.0 Å². The highest BCUT2D eigenvalue weighted by Gasteiger charge is 2.32. The van der Waals surface area contributed by atoms with Gasteiger partial charge >= 0.3 is 0 Å². The van der Waals surface area contributed by atoms with E-state index in [9.17, 15) is 18.8 Å². The van der Waals surface area contributed by atoms with Gasteiger partial charge in [0.1, 0.15) is 11.6 Å². The fourth-order valence-electron chi connectivity index (χ4n) is 4.53. The summed E-state index contributed by atoms with van der Waals surface area (Å²) < 4.78 is 19.1. The summed E-state index contributed by atoms with van der Waals surface area (Å²) in [5.41, 5.74) is 7.21. The van der Waals surface area contributed by atoms with Crippen LogP contribution in [0.5, 0.6) is 5.75 Å². The lowest BCUT2D eigenvalue weighted by atomic mass is 10.1. The van der Waals surface area contributed by atoms with Gasteiger partial charge in [-0.2, -0.15) is 0 Å². The SMILES string of the molecule is C[C@@H]1CN(C(=O)COc2ccc(Cl)cc2C(=O)Nc2ccc(C(N)=O)cc2)[C@@H](C)CN1Cc1ccc(F)cc1. The van der Waals surface area contributed by atoms with E-state index < -0.39 is 11.8 Å². The minimum atomic E-state index is -0.568. The Balaban J connectivity index is 1.38. The van der Waals surface area contributed by atoms with Crippen LogP contribution in [0.15, 0.2) is 66.7 Å². The van der Waals surface area contributed by atoms with E-state index in [1.54, 1.807) is 41.3 Å². The Morgan fingerprint density at radius 2 is 1.69 bits per heavy atom. The molecule has 3 amide bonds. The summed E-state index contributed by atoms with van der Waals surface area (Å²) in [6.07, 6.45) is 0. The van der Waals surface area contributed by atoms with Crippen LogP contribution < -0.4 is 15.8 Å². The highest BCUT2D eigenvalue weighted by Crippen LogP contribution is 2.25. The average Bonchev–Trinajstić information content (AvgIpc) is 2.91. The lowest BCUT2D eigenvalue weighted by molar-refractivity contribution is -0.139. The number of carbonyl (C=O) groups excluding carboxylic acids is 3. The number of nitrogens with zero attached hydrogens (tertiary/aromatic N) is 2. The van der Waals surface area contributed by atoms with Gasteiger partial charge < -0.3 is 20.7 Å². The summed E-state index contributed by atoms with van der Waals surface area (Å²) in [6.45, 7) is 5.62. The molecular formula is C29H30ClFN4O4. The molecule has 204 valence electrons. The Kier molecular flexibility index (Phi) is 8.83. The van der Waals surface area contributed by atoms with Crippen LogP contribution in [-0.4, -0.2) is 59.3 Å². The van der Waals surface area contributed by atoms with Crippen molar-refractivity contribution in [2.75, 3.05) is 25.0 Å². The maximum absolute atomic E-state index is 13.3. The Hall–Kier alpha value is -3.95. The van der Waals surface area contributed by atoms with Crippen LogP contribution in [0, 0.1) is 5.82 Å². The smallest absolute Gasteiger partial charge is 0.260 e. The number of benzene rings is 3. The second-order valence-corrected chi connectivity index (χ2v) is 10.1. The van der Waals surface area contributed by atoms with Gasteiger partial charge in [0.15, 0.2) is 6.61 Å². The number of rotatable bonds is 8. The molecule has 3 aromatic carbocycles. The minimum Gasteiger partial charge on any atom is -0.483 e. The van der Waals surface area contributed by atoms with E-state index in [4.69, 9.17) is 22.1 Å². The monoisotopic (exact) mass is 552 g/mol. The molecule has 39 heavy (non-hydrogen) atoms. The van der Waals surface area contributed by atoms with Crippen LogP contribution >= 0.6 is 11.6 Å². The predicted molar refractivity (Wildman–Crippen MR) is 147 cm³/mol. The minimum absolute atomic E-state index is 0.0610. The fraction of sp³-hybridized carbons (Fsp3) is 0.276. The van der Waals surface area contributed by atoms with Crippen molar-refractivity contribution in [3.05, 3.63) is 94.3 Å². The van der Waals surface area contributed by atoms with Crippen LogP contribution in [0.1, 0.15) is 40.1 Å². The van der Waals surface area contributed by atoms with Crippen molar-refractivity contribution in [1.82, 2.24) is 9.80 Å². The van der Waals surface area contributed by atoms with Gasteiger partial charge in [-0.1, -0.05) is 23.7 Å². The summed E-state index contributed by atoms with van der Waals surface area (Å²) in [7, 11) is 0. The molecule has 0 aliphatic carbocycles. The van der Waals surface area contributed by atoms with E-state index in [0.29, 0.717) is 35.9 Å². The molecule has 0 saturated carbocycles. The zero-order valence-corrected chi connectivity index (χ0v) is 22.5. The van der Waals surface area contributed by atoms with Crippen molar-refractivity contribution in [1.29, 1.82) is 0 Å². The van der Waals surface area contributed by atoms with Crippen LogP contribution in [0.4, 0.5) is 10.1 Å². The number of nitrogens with two attached hydrogens (primary N) is 1. The molecule has 0 unspecified atom stereocenters. The standard InChI is InChI=1S/C29H30ClFN4O4/c1-18-15-35(19(2)14-34(18)16-20-3-8-23(31)9-4-20)27(36)17-39-26-12-7-22(30)13-25(26)29(38)33-24-10-5-21(6-11-24)28(32)37/h3-13,18-19H,14-17H2,1-2H3,(H2,32,37)(H,33,38)/t18-,19+/m1/s1. The zero-order valence-electron chi connectivity index (χ0n) is 21.7. The van der Waals surface area contributed by atoms with Gasteiger partial charge in [-0.3, -0.25) is 19.3 Å². The number of nitrogens with one attached hydrogen (secondary N) is 1. The molecule has 1 fully saturated rings. The fourth-order valence-corrected chi connectivity index (χ4v) is 4.71. The van der Waals surface area contributed by atoms with E-state index >= 15 is 0 Å². The molecule has 1 heterocycles. The number of primary amides is 1. The molecule has 1 saturated heterocycles. The summed E-state index contributed by atoms with van der Waals surface area (Å²) in [5.74, 6) is -1.30. The van der Waals surface area contributed by atoms with Crippen LogP contribution in [0.3, 0.4) is 0 Å². The number of hydrogen-bond donors (Lipinski definition) is 2. The Morgan fingerprint density at radius 3 is 2.36 bits per heavy atom. The summed E-state index contributed by atoms with van der Waals surface area (Å²) in [6, 6.07) is 17.2. The van der Waals surface area contributed by atoms with E-state index in [0.717, 1.165) is 5.56 Å². The third kappa shape index (κ3) is 7.13. The molecule has 4 rings (SSSR count). The highest BCUT2D eigenvalue weighted by atomic mass is 35.5. The van der Waals surface area contributed by atoms with Crippen LogP contribution in [-0.2, 0) is 11.3 Å². The molecule has 1 aliphatic heterocycles. The van der Waals surface area contributed by atoms with Gasteiger partial charge in [0, 0.05) is 48.0 Å². The van der Waals surface area contributed by atoms with Gasteiger partial charge in [0.25, 0.3) is 11.8 Å². The Morgan fingerprint density at radius 1 is 1.00 bits per heavy atom. The lowest BCUT2D eigenvalue weighted by Crippen LogP contribution is -2.58. The molecular weight excluding hydrogens is 523 g/mol. The third-order valence-electron chi connectivity index (χ3n) is 6.70. The van der Waals surface area contributed by atoms with Gasteiger partial charge in [0.05, 0.1) is 5.56 Å². The largest absolute Gasteiger partial charge is 0.483 e. The van der Waals surface area contributed by atoms with E-state index in [-0.39, 0.29) is 41.7 Å². The first-order valence-electron chi connectivity index (χ1n) is 12.5. The first-order valence-corrected chi connectivity index (χ1v) is 12.9. The quantitative estimate of drug-likeness (QED) is 0.433. The summed E-state index contributed by atoms with van der Waals surface area (Å²) in [4.78, 5) is 41.4. The molecule has 0 radical (unpaired) electrons. The average molecular weight is 553 g/mol. The lowest BCUT2D eigenvalue weighted by Gasteiger charge is -2.44. The van der Waals surface area contributed by atoms with E-state index in [2.05, 4.69) is 10.2 Å². The number of ether oxygens (including phenoxy) is 1. The number of halogens is 2. The first-order chi connectivity index (χ1) is 18.6. The maximum Gasteiger partial charge on any atom is 0.260 e. The van der Waals surface area contributed by atoms with Gasteiger partial charge in [0.2, 0.25) is 5.91 Å². The number of piperazine rings is 1. The Labute approximate surface area is 231 Å². The topological polar surface area (TPSA) is 105 Å². The van der Waals surface area contributed by atoms with Crippen molar-refractivity contribution in [3.63, 3.8) is 0 Å². The number of amides is 3. The second kappa shape index (κ2) is 12.3. The number of anilines is 1. The molecule has 8 nitrogen and oxygen atoms in total. The second-order valence-electron chi connectivity index (χ2n) is 9.62. The number of carbonyl (C=O) groups is 3. The molecule has 2 atom stereocenters. The summed E-state index contributed by atoms with van der Waals surface area (Å²) >= 11 is 6.13. The molecule has 10 heteroatoms. The normalized spacial score (nSPS) is 17.5. The van der Waals surface area contributed by atoms with E-state index in [1.165, 1.54) is 30.3 Å². The zero-order chi connectivity index (χ0) is 28.1. The van der Waals surface area contributed by atoms with Crippen molar-refractivity contribution < 1.29 is 23.5 Å². The highest BCUT2D eigenvalue weighted by molar-refractivity contribution is 6.31. The van der Waals surface area contributed by atoms with Crippen molar-refractivity contribution in [2.24, 2.45) is 5.73 Å². The summed E-state index contributed by atoms with van der Waals surface area (Å²) in [5, 5.41) is 3.07. The maximum atomic E-state index is 13.3.